The number of aromatic carboxylic acids is 1. The van der Waals surface area contributed by atoms with E-state index in [9.17, 15) is 14.7 Å². The molecule has 0 saturated carbocycles. The van der Waals surface area contributed by atoms with Crippen molar-refractivity contribution in [2.24, 2.45) is 0 Å². The zero-order chi connectivity index (χ0) is 25.2. The molecule has 7 heteroatoms. The van der Waals surface area contributed by atoms with Gasteiger partial charge in [-0.3, -0.25) is 0 Å². The second-order valence-corrected chi connectivity index (χ2v) is 8.41. The van der Waals surface area contributed by atoms with Crippen molar-refractivity contribution in [1.29, 1.82) is 0 Å². The number of benzene rings is 3. The molecule has 0 aliphatic rings. The minimum Gasteiger partial charge on any atom is -0.497 e. The van der Waals surface area contributed by atoms with Gasteiger partial charge in [0.05, 0.1) is 18.2 Å². The van der Waals surface area contributed by atoms with Crippen molar-refractivity contribution >= 4 is 11.9 Å². The smallest absolute Gasteiger partial charge is 0.339 e. The maximum atomic E-state index is 12.8. The number of carbonyl (C=O) groups excluding carboxylic acids is 1. The average Bonchev–Trinajstić information content (AvgIpc) is 2.86. The Morgan fingerprint density at radius 2 is 1.63 bits per heavy atom. The van der Waals surface area contributed by atoms with Crippen LogP contribution in [0.2, 0.25) is 0 Å². The molecular weight excluding hydrogens is 446 g/mol. The van der Waals surface area contributed by atoms with Crippen molar-refractivity contribution in [3.05, 3.63) is 95.1 Å². The molecule has 0 amide bonds. The van der Waals surface area contributed by atoms with Crippen LogP contribution in [0.15, 0.2) is 72.8 Å². The molecule has 0 unspecified atom stereocenters. The number of carboxylic acids is 1. The average molecular weight is 478 g/mol. The first-order valence-electron chi connectivity index (χ1n) is 11.4. The van der Waals surface area contributed by atoms with Crippen LogP contribution in [-0.2, 0) is 17.6 Å². The fraction of sp³-hybridized carbons (Fsp3) is 0.286. The highest BCUT2D eigenvalue weighted by Gasteiger charge is 2.22. The van der Waals surface area contributed by atoms with Gasteiger partial charge in [-0.15, -0.1) is 0 Å². The minimum atomic E-state index is -1.18. The van der Waals surface area contributed by atoms with Crippen LogP contribution in [0.3, 0.4) is 0 Å². The lowest BCUT2D eigenvalue weighted by molar-refractivity contribution is 0.00996. The second-order valence-electron chi connectivity index (χ2n) is 8.41. The fourth-order valence-electron chi connectivity index (χ4n) is 3.73. The van der Waals surface area contributed by atoms with Crippen LogP contribution in [0.1, 0.15) is 31.8 Å². The Kier molecular flexibility index (Phi) is 9.26. The molecular formula is C28H31NO6. The van der Waals surface area contributed by atoms with Crippen LogP contribution in [0.25, 0.3) is 0 Å². The Labute approximate surface area is 205 Å². The number of para-hydroxylation sites is 1. The number of methoxy groups -OCH3 is 1. The van der Waals surface area contributed by atoms with E-state index in [1.807, 2.05) is 61.5 Å². The largest absolute Gasteiger partial charge is 0.497 e. The van der Waals surface area contributed by atoms with E-state index in [4.69, 9.17) is 14.2 Å². The van der Waals surface area contributed by atoms with Crippen molar-refractivity contribution in [3.63, 3.8) is 0 Å². The van der Waals surface area contributed by atoms with Gasteiger partial charge in [-0.25, -0.2) is 9.59 Å². The molecule has 35 heavy (non-hydrogen) atoms. The summed E-state index contributed by atoms with van der Waals surface area (Å²) in [6, 6.07) is 21.8. The third-order valence-corrected chi connectivity index (χ3v) is 5.43. The van der Waals surface area contributed by atoms with Crippen molar-refractivity contribution in [1.82, 2.24) is 4.90 Å². The molecule has 184 valence electrons. The Bertz CT molecular complexity index is 1140. The summed E-state index contributed by atoms with van der Waals surface area (Å²) in [5.41, 5.74) is 2.13. The number of carboxylic acid groups (broad SMARTS) is 1. The van der Waals surface area contributed by atoms with Gasteiger partial charge in [0, 0.05) is 6.54 Å². The summed E-state index contributed by atoms with van der Waals surface area (Å²) < 4.78 is 17.1. The predicted octanol–water partition coefficient (Wildman–Crippen LogP) is 4.34. The van der Waals surface area contributed by atoms with Crippen molar-refractivity contribution in [3.8, 4) is 11.5 Å². The number of aryl methyl sites for hydroxylation is 2. The molecule has 0 aromatic heterocycles. The molecule has 0 fully saturated rings. The number of rotatable bonds is 12. The summed E-state index contributed by atoms with van der Waals surface area (Å²) in [6.07, 6.45) is 0.999. The van der Waals surface area contributed by atoms with E-state index < -0.39 is 18.0 Å². The quantitative estimate of drug-likeness (QED) is 0.388. The molecule has 3 aromatic rings. The molecule has 0 saturated heterocycles. The van der Waals surface area contributed by atoms with Gasteiger partial charge in [0.1, 0.15) is 24.2 Å². The van der Waals surface area contributed by atoms with Crippen LogP contribution in [0.4, 0.5) is 0 Å². The zero-order valence-corrected chi connectivity index (χ0v) is 20.3. The summed E-state index contributed by atoms with van der Waals surface area (Å²) >= 11 is 0. The van der Waals surface area contributed by atoms with E-state index in [1.54, 1.807) is 19.2 Å². The highest BCUT2D eigenvalue weighted by Crippen LogP contribution is 2.22. The number of esters is 1. The molecule has 0 radical (unpaired) electrons. The van der Waals surface area contributed by atoms with Crippen LogP contribution < -0.4 is 9.47 Å². The highest BCUT2D eigenvalue weighted by atomic mass is 16.6. The zero-order valence-electron chi connectivity index (χ0n) is 20.3. The van der Waals surface area contributed by atoms with Gasteiger partial charge < -0.3 is 24.2 Å². The SMILES string of the molecule is COc1cccc(CCc2ccccc2OC[C@H](CN(C)C)OC(=O)c2ccccc2C(=O)O)c1. The Hall–Kier alpha value is -3.84. The van der Waals surface area contributed by atoms with Gasteiger partial charge in [-0.2, -0.15) is 0 Å². The monoisotopic (exact) mass is 477 g/mol. The molecule has 0 aliphatic heterocycles. The van der Waals surface area contributed by atoms with E-state index >= 15 is 0 Å². The Balaban J connectivity index is 1.68. The summed E-state index contributed by atoms with van der Waals surface area (Å²) in [5.74, 6) is -0.321. The molecule has 1 atom stereocenters. The normalized spacial score (nSPS) is 11.7. The molecule has 0 spiro atoms. The summed E-state index contributed by atoms with van der Waals surface area (Å²) in [5, 5.41) is 9.39. The van der Waals surface area contributed by atoms with E-state index in [0.29, 0.717) is 6.54 Å². The summed E-state index contributed by atoms with van der Waals surface area (Å²) in [4.78, 5) is 26.2. The maximum absolute atomic E-state index is 12.8. The third kappa shape index (κ3) is 7.58. The maximum Gasteiger partial charge on any atom is 0.339 e. The number of nitrogens with zero attached hydrogens (tertiary/aromatic N) is 1. The summed E-state index contributed by atoms with van der Waals surface area (Å²) in [7, 11) is 5.39. The lowest BCUT2D eigenvalue weighted by Gasteiger charge is -2.23. The van der Waals surface area contributed by atoms with E-state index in [1.165, 1.54) is 12.1 Å². The van der Waals surface area contributed by atoms with E-state index in [0.717, 1.165) is 35.5 Å². The standard InChI is InChI=1S/C28H31NO6/c1-29(2)18-23(35-28(32)25-13-6-5-12-24(25)27(30)31)19-34-26-14-7-4-10-21(26)16-15-20-9-8-11-22(17-20)33-3/h4-14,17,23H,15-16,18-19H2,1-3H3,(H,30,31)/t23-/m0/s1. The topological polar surface area (TPSA) is 85.3 Å². The second kappa shape index (κ2) is 12.6. The van der Waals surface area contributed by atoms with Crippen LogP contribution in [0, 0.1) is 0 Å². The molecule has 3 rings (SSSR count). The van der Waals surface area contributed by atoms with E-state index in [2.05, 4.69) is 6.07 Å². The van der Waals surface area contributed by atoms with Crippen LogP contribution in [-0.4, -0.2) is 62.4 Å². The molecule has 0 bridgehead atoms. The number of hydrogen-bond donors (Lipinski definition) is 1. The lowest BCUT2D eigenvalue weighted by atomic mass is 10.0. The van der Waals surface area contributed by atoms with Gasteiger partial charge >= 0.3 is 11.9 Å². The summed E-state index contributed by atoms with van der Waals surface area (Å²) in [6.45, 7) is 0.558. The van der Waals surface area contributed by atoms with Crippen molar-refractivity contribution in [2.45, 2.75) is 18.9 Å². The Morgan fingerprint density at radius 1 is 0.914 bits per heavy atom. The van der Waals surface area contributed by atoms with Crippen LogP contribution in [0.5, 0.6) is 11.5 Å². The number of hydrogen-bond acceptors (Lipinski definition) is 6. The Morgan fingerprint density at radius 3 is 2.34 bits per heavy atom. The lowest BCUT2D eigenvalue weighted by Crippen LogP contribution is -2.35. The van der Waals surface area contributed by atoms with E-state index in [-0.39, 0.29) is 17.7 Å². The first-order valence-corrected chi connectivity index (χ1v) is 11.4. The number of carbonyl (C=O) groups is 2. The third-order valence-electron chi connectivity index (χ3n) is 5.43. The van der Waals surface area contributed by atoms with Gasteiger partial charge in [-0.1, -0.05) is 42.5 Å². The van der Waals surface area contributed by atoms with Crippen molar-refractivity contribution in [2.75, 3.05) is 34.4 Å². The molecule has 7 nitrogen and oxygen atoms in total. The van der Waals surface area contributed by atoms with Gasteiger partial charge in [-0.05, 0) is 68.4 Å². The molecule has 0 aliphatic carbocycles. The predicted molar refractivity (Wildman–Crippen MR) is 133 cm³/mol. The molecule has 0 heterocycles. The van der Waals surface area contributed by atoms with Crippen molar-refractivity contribution < 1.29 is 28.9 Å². The van der Waals surface area contributed by atoms with Gasteiger partial charge in [0.15, 0.2) is 0 Å². The molecule has 1 N–H and O–H groups in total. The first kappa shape index (κ1) is 25.8. The van der Waals surface area contributed by atoms with Gasteiger partial charge in [0.25, 0.3) is 0 Å². The first-order chi connectivity index (χ1) is 16.9. The fourth-order valence-corrected chi connectivity index (χ4v) is 3.73. The number of ether oxygens (including phenoxy) is 3. The minimum absolute atomic E-state index is 0.0162. The van der Waals surface area contributed by atoms with Crippen LogP contribution >= 0.6 is 0 Å². The highest BCUT2D eigenvalue weighted by molar-refractivity contribution is 6.02. The number of likely N-dealkylation sites (N-methyl/N-ethyl adjacent to an activating group) is 1. The molecule has 3 aromatic carbocycles. The van der Waals surface area contributed by atoms with Gasteiger partial charge in [0.2, 0.25) is 0 Å².